The van der Waals surface area contributed by atoms with E-state index >= 15 is 0 Å². The summed E-state index contributed by atoms with van der Waals surface area (Å²) in [6.45, 7) is 2.04. The molecule has 94 valence electrons. The number of carbonyl (C=O) groups excluding carboxylic acids is 1. The molecule has 0 aliphatic carbocycles. The molecule has 1 rings (SSSR count). The molecule has 0 aliphatic heterocycles. The van der Waals surface area contributed by atoms with Crippen LogP contribution < -0.4 is 0 Å². The second-order valence-electron chi connectivity index (χ2n) is 4.10. The van der Waals surface area contributed by atoms with E-state index in [1.807, 2.05) is 6.92 Å². The Labute approximate surface area is 107 Å². The van der Waals surface area contributed by atoms with Crippen LogP contribution in [0.2, 0.25) is 0 Å². The third kappa shape index (κ3) is 3.97. The zero-order chi connectivity index (χ0) is 12.8. The number of aromatic hydroxyl groups is 1. The van der Waals surface area contributed by atoms with Crippen LogP contribution in [0.4, 0.5) is 0 Å². The van der Waals surface area contributed by atoms with E-state index in [4.69, 9.17) is 0 Å². The van der Waals surface area contributed by atoms with Gasteiger partial charge in [-0.3, -0.25) is 4.79 Å². The zero-order valence-corrected chi connectivity index (χ0v) is 11.3. The minimum Gasteiger partial charge on any atom is -0.508 e. The summed E-state index contributed by atoms with van der Waals surface area (Å²) in [7, 11) is 1.80. The number of thioether (sulfide) groups is 1. The van der Waals surface area contributed by atoms with Gasteiger partial charge in [0.15, 0.2) is 0 Å². The van der Waals surface area contributed by atoms with E-state index < -0.39 is 0 Å². The van der Waals surface area contributed by atoms with Gasteiger partial charge in [0, 0.05) is 18.7 Å². The highest BCUT2D eigenvalue weighted by Gasteiger charge is 2.17. The molecule has 0 heterocycles. The van der Waals surface area contributed by atoms with Crippen molar-refractivity contribution in [2.45, 2.75) is 19.4 Å². The number of rotatable bonds is 5. The van der Waals surface area contributed by atoms with Gasteiger partial charge in [0.1, 0.15) is 5.75 Å². The number of hydrogen-bond donors (Lipinski definition) is 1. The van der Waals surface area contributed by atoms with Gasteiger partial charge in [0.05, 0.1) is 0 Å². The van der Waals surface area contributed by atoms with Gasteiger partial charge >= 0.3 is 0 Å². The third-order valence-corrected chi connectivity index (χ3v) is 3.46. The summed E-state index contributed by atoms with van der Waals surface area (Å²) in [6, 6.07) is 6.67. The van der Waals surface area contributed by atoms with E-state index in [2.05, 4.69) is 6.26 Å². The standard InChI is InChI=1S/C13H19NO2S/c1-10(7-8-17-3)14(2)13(16)11-5-4-6-12(15)9-11/h4-6,9-10,15H,7-8H2,1-3H3. The summed E-state index contributed by atoms with van der Waals surface area (Å²) >= 11 is 1.78. The Kier molecular flexibility index (Phi) is 5.35. The maximum atomic E-state index is 12.1. The third-order valence-electron chi connectivity index (χ3n) is 2.81. The zero-order valence-electron chi connectivity index (χ0n) is 10.5. The van der Waals surface area contributed by atoms with Gasteiger partial charge in [-0.25, -0.2) is 0 Å². The van der Waals surface area contributed by atoms with Crippen molar-refractivity contribution in [2.24, 2.45) is 0 Å². The lowest BCUT2D eigenvalue weighted by molar-refractivity contribution is 0.0741. The first-order valence-corrected chi connectivity index (χ1v) is 7.00. The van der Waals surface area contributed by atoms with Crippen LogP contribution in [0, 0.1) is 0 Å². The van der Waals surface area contributed by atoms with Gasteiger partial charge in [0.2, 0.25) is 0 Å². The number of phenolic OH excluding ortho intramolecular Hbond substituents is 1. The van der Waals surface area contributed by atoms with Crippen LogP contribution in [-0.4, -0.2) is 41.0 Å². The summed E-state index contributed by atoms with van der Waals surface area (Å²) < 4.78 is 0. The molecule has 1 aromatic rings. The second-order valence-corrected chi connectivity index (χ2v) is 5.08. The van der Waals surface area contributed by atoms with Crippen LogP contribution in [0.1, 0.15) is 23.7 Å². The van der Waals surface area contributed by atoms with Crippen molar-refractivity contribution >= 4 is 17.7 Å². The average molecular weight is 253 g/mol. The molecule has 1 atom stereocenters. The Morgan fingerprint density at radius 3 is 2.82 bits per heavy atom. The summed E-state index contributed by atoms with van der Waals surface area (Å²) in [5.41, 5.74) is 0.531. The topological polar surface area (TPSA) is 40.5 Å². The molecule has 1 N–H and O–H groups in total. The van der Waals surface area contributed by atoms with Gasteiger partial charge in [-0.15, -0.1) is 0 Å². The largest absolute Gasteiger partial charge is 0.508 e. The van der Waals surface area contributed by atoms with E-state index in [0.29, 0.717) is 5.56 Å². The minimum absolute atomic E-state index is 0.0468. The summed E-state index contributed by atoms with van der Waals surface area (Å²) in [6.07, 6.45) is 3.03. The lowest BCUT2D eigenvalue weighted by Crippen LogP contribution is -2.35. The average Bonchev–Trinajstić information content (AvgIpc) is 2.34. The van der Waals surface area contributed by atoms with E-state index in [1.165, 1.54) is 6.07 Å². The van der Waals surface area contributed by atoms with Gasteiger partial charge in [-0.1, -0.05) is 6.07 Å². The van der Waals surface area contributed by atoms with Crippen LogP contribution in [0.3, 0.4) is 0 Å². The molecule has 17 heavy (non-hydrogen) atoms. The van der Waals surface area contributed by atoms with Crippen molar-refractivity contribution in [3.63, 3.8) is 0 Å². The number of carbonyl (C=O) groups is 1. The minimum atomic E-state index is -0.0468. The maximum Gasteiger partial charge on any atom is 0.253 e. The molecule has 0 radical (unpaired) electrons. The molecule has 0 fully saturated rings. The Bertz CT molecular complexity index is 381. The summed E-state index contributed by atoms with van der Waals surface area (Å²) in [4.78, 5) is 13.8. The number of benzene rings is 1. The number of phenols is 1. The highest BCUT2D eigenvalue weighted by Crippen LogP contribution is 2.15. The lowest BCUT2D eigenvalue weighted by Gasteiger charge is -2.24. The van der Waals surface area contributed by atoms with Crippen molar-refractivity contribution in [2.75, 3.05) is 19.1 Å². The van der Waals surface area contributed by atoms with Crippen LogP contribution in [-0.2, 0) is 0 Å². The van der Waals surface area contributed by atoms with Gasteiger partial charge in [-0.05, 0) is 43.6 Å². The van der Waals surface area contributed by atoms with Gasteiger partial charge in [-0.2, -0.15) is 11.8 Å². The van der Waals surface area contributed by atoms with Crippen molar-refractivity contribution in [3.05, 3.63) is 29.8 Å². The number of hydrogen-bond acceptors (Lipinski definition) is 3. The molecule has 0 bridgehead atoms. The molecule has 1 aromatic carbocycles. The molecular weight excluding hydrogens is 234 g/mol. The molecule has 0 saturated heterocycles. The predicted molar refractivity (Wildman–Crippen MR) is 72.7 cm³/mol. The molecule has 0 aliphatic rings. The quantitative estimate of drug-likeness (QED) is 0.877. The SMILES string of the molecule is CSCCC(C)N(C)C(=O)c1cccc(O)c1. The Morgan fingerprint density at radius 2 is 2.24 bits per heavy atom. The highest BCUT2D eigenvalue weighted by molar-refractivity contribution is 7.98. The van der Waals surface area contributed by atoms with Crippen LogP contribution >= 0.6 is 11.8 Å². The van der Waals surface area contributed by atoms with Crippen LogP contribution in [0.25, 0.3) is 0 Å². The fourth-order valence-corrected chi connectivity index (χ4v) is 2.10. The highest BCUT2D eigenvalue weighted by atomic mass is 32.2. The number of nitrogens with zero attached hydrogens (tertiary/aromatic N) is 1. The lowest BCUT2D eigenvalue weighted by atomic mass is 10.1. The summed E-state index contributed by atoms with van der Waals surface area (Å²) in [5.74, 6) is 1.12. The maximum absolute atomic E-state index is 12.1. The fourth-order valence-electron chi connectivity index (χ4n) is 1.52. The Balaban J connectivity index is 2.69. The Hall–Kier alpha value is -1.16. The van der Waals surface area contributed by atoms with Gasteiger partial charge < -0.3 is 10.0 Å². The molecule has 3 nitrogen and oxygen atoms in total. The predicted octanol–water partition coefficient (Wildman–Crippen LogP) is 2.61. The van der Waals surface area contributed by atoms with E-state index in [9.17, 15) is 9.90 Å². The smallest absolute Gasteiger partial charge is 0.253 e. The molecule has 0 saturated carbocycles. The molecule has 1 unspecified atom stereocenters. The molecular formula is C13H19NO2S. The monoisotopic (exact) mass is 253 g/mol. The van der Waals surface area contributed by atoms with Crippen molar-refractivity contribution < 1.29 is 9.90 Å². The molecule has 4 heteroatoms. The molecule has 1 amide bonds. The number of amides is 1. The van der Waals surface area contributed by atoms with E-state index in [1.54, 1.807) is 41.9 Å². The molecule has 0 aromatic heterocycles. The van der Waals surface area contributed by atoms with Crippen molar-refractivity contribution in [3.8, 4) is 5.75 Å². The van der Waals surface area contributed by atoms with Crippen LogP contribution in [0.15, 0.2) is 24.3 Å². The van der Waals surface area contributed by atoms with E-state index in [0.717, 1.165) is 12.2 Å². The fraction of sp³-hybridized carbons (Fsp3) is 0.462. The van der Waals surface area contributed by atoms with Crippen molar-refractivity contribution in [1.82, 2.24) is 4.90 Å². The molecule has 0 spiro atoms. The first kappa shape index (κ1) is 13.9. The van der Waals surface area contributed by atoms with Crippen molar-refractivity contribution in [1.29, 1.82) is 0 Å². The van der Waals surface area contributed by atoms with Crippen LogP contribution in [0.5, 0.6) is 5.75 Å². The normalized spacial score (nSPS) is 12.2. The van der Waals surface area contributed by atoms with E-state index in [-0.39, 0.29) is 17.7 Å². The first-order valence-electron chi connectivity index (χ1n) is 5.61. The first-order chi connectivity index (χ1) is 8.06. The second kappa shape index (κ2) is 6.55. The summed E-state index contributed by atoms with van der Waals surface area (Å²) in [5, 5.41) is 9.35. The Morgan fingerprint density at radius 1 is 1.53 bits per heavy atom. The van der Waals surface area contributed by atoms with Gasteiger partial charge in [0.25, 0.3) is 5.91 Å².